The highest BCUT2D eigenvalue weighted by Crippen LogP contribution is 2.43. The third kappa shape index (κ3) is 43.2. The Morgan fingerprint density at radius 3 is 1.58 bits per heavy atom. The summed E-state index contributed by atoms with van der Waals surface area (Å²) in [6, 6.07) is 0. The number of phosphoric ester groups is 1. The highest BCUT2D eigenvalue weighted by molar-refractivity contribution is 7.47. The minimum absolute atomic E-state index is 0.0838. The average molecular weight is 795 g/mol. The smallest absolute Gasteiger partial charge is 0.457 e. The van der Waals surface area contributed by atoms with E-state index in [2.05, 4.69) is 74.6 Å². The Morgan fingerprint density at radius 2 is 1.05 bits per heavy atom. The molecule has 0 aromatic rings. The maximum absolute atomic E-state index is 12.6. The molecule has 0 spiro atoms. The van der Waals surface area contributed by atoms with Crippen LogP contribution < -0.4 is 0 Å². The number of carbonyl (C=O) groups excluding carboxylic acids is 1. The van der Waals surface area contributed by atoms with Crippen LogP contribution in [0.2, 0.25) is 0 Å². The average Bonchev–Trinajstić information content (AvgIpc) is 3.13. The van der Waals surface area contributed by atoms with Gasteiger partial charge in [0.05, 0.1) is 34.4 Å². The van der Waals surface area contributed by atoms with Crippen molar-refractivity contribution in [1.29, 1.82) is 0 Å². The Bertz CT molecular complexity index is 1060. The van der Waals surface area contributed by atoms with Gasteiger partial charge in [0.15, 0.2) is 0 Å². The van der Waals surface area contributed by atoms with Gasteiger partial charge in [-0.2, -0.15) is 0 Å². The number of carbonyl (C=O) groups is 1. The summed E-state index contributed by atoms with van der Waals surface area (Å²) in [7, 11) is 1.65. The van der Waals surface area contributed by atoms with Crippen molar-refractivity contribution in [1.82, 2.24) is 0 Å². The van der Waals surface area contributed by atoms with E-state index in [4.69, 9.17) is 18.5 Å². The second kappa shape index (κ2) is 39.0. The first-order valence-electron chi connectivity index (χ1n) is 22.0. The minimum Gasteiger partial charge on any atom is -0.457 e. The van der Waals surface area contributed by atoms with Crippen LogP contribution in [0, 0.1) is 0 Å². The summed E-state index contributed by atoms with van der Waals surface area (Å²) in [5, 5.41) is 0. The summed E-state index contributed by atoms with van der Waals surface area (Å²) >= 11 is 0. The van der Waals surface area contributed by atoms with Gasteiger partial charge in [0, 0.05) is 13.0 Å². The van der Waals surface area contributed by atoms with Crippen LogP contribution in [-0.2, 0) is 27.9 Å². The van der Waals surface area contributed by atoms with Gasteiger partial charge >= 0.3 is 13.8 Å². The zero-order valence-electron chi connectivity index (χ0n) is 36.1. The van der Waals surface area contributed by atoms with E-state index < -0.39 is 13.9 Å². The molecule has 1 N–H and O–H groups in total. The van der Waals surface area contributed by atoms with Crippen molar-refractivity contribution in [2.24, 2.45) is 0 Å². The van der Waals surface area contributed by atoms with Gasteiger partial charge in [-0.25, -0.2) is 4.57 Å². The second-order valence-electron chi connectivity index (χ2n) is 15.7. The molecule has 0 aromatic heterocycles. The SMILES string of the molecule is CC/C=C\C/C=C\C/C=C\C/C=C\C/C=C\CCCCCCCCOCC(COP(=O)(O)OCC[N+](C)(C)C)OC(=O)CCCCCCCCCCCCC. The molecule has 2 unspecified atom stereocenters. The molecule has 9 heteroatoms. The van der Waals surface area contributed by atoms with Crippen LogP contribution in [0.3, 0.4) is 0 Å². The van der Waals surface area contributed by atoms with E-state index in [-0.39, 0.29) is 25.8 Å². The lowest BCUT2D eigenvalue weighted by molar-refractivity contribution is -0.870. The van der Waals surface area contributed by atoms with Crippen molar-refractivity contribution in [2.75, 3.05) is 54.1 Å². The number of rotatable bonds is 40. The zero-order valence-corrected chi connectivity index (χ0v) is 37.0. The quantitative estimate of drug-likeness (QED) is 0.0217. The second-order valence-corrected chi connectivity index (χ2v) is 17.2. The molecule has 0 saturated heterocycles. The van der Waals surface area contributed by atoms with E-state index in [1.807, 2.05) is 21.1 Å². The van der Waals surface area contributed by atoms with Crippen LogP contribution in [0.4, 0.5) is 0 Å². The number of esters is 1. The van der Waals surface area contributed by atoms with Crippen LogP contribution in [-0.4, -0.2) is 75.6 Å². The fourth-order valence-corrected chi connectivity index (χ4v) is 6.44. The number of hydrogen-bond donors (Lipinski definition) is 1. The molecular weight excluding hydrogens is 709 g/mol. The van der Waals surface area contributed by atoms with Gasteiger partial charge < -0.3 is 18.9 Å². The third-order valence-electron chi connectivity index (χ3n) is 9.09. The molecule has 0 saturated carbocycles. The van der Waals surface area contributed by atoms with Crippen LogP contribution in [0.25, 0.3) is 0 Å². The van der Waals surface area contributed by atoms with E-state index in [0.29, 0.717) is 24.1 Å². The first kappa shape index (κ1) is 53.2. The molecule has 0 rings (SSSR count). The van der Waals surface area contributed by atoms with Crippen molar-refractivity contribution in [3.8, 4) is 0 Å². The number of unbranched alkanes of at least 4 members (excludes halogenated alkanes) is 16. The lowest BCUT2D eigenvalue weighted by Gasteiger charge is -2.24. The highest BCUT2D eigenvalue weighted by atomic mass is 31.2. The fourth-order valence-electron chi connectivity index (χ4n) is 5.70. The number of allylic oxidation sites excluding steroid dienone is 10. The molecule has 0 amide bonds. The molecule has 0 aromatic carbocycles. The van der Waals surface area contributed by atoms with Crippen LogP contribution in [0.1, 0.15) is 168 Å². The van der Waals surface area contributed by atoms with Gasteiger partial charge in [0.2, 0.25) is 0 Å². The van der Waals surface area contributed by atoms with Gasteiger partial charge in [-0.15, -0.1) is 0 Å². The normalized spacial score (nSPS) is 14.4. The van der Waals surface area contributed by atoms with Crippen LogP contribution in [0.5, 0.6) is 0 Å². The summed E-state index contributed by atoms with van der Waals surface area (Å²) in [6.07, 6.45) is 48.2. The van der Waals surface area contributed by atoms with Crippen LogP contribution >= 0.6 is 7.82 Å². The molecule has 0 radical (unpaired) electrons. The molecule has 0 aliphatic carbocycles. The van der Waals surface area contributed by atoms with E-state index in [0.717, 1.165) is 77.0 Å². The monoisotopic (exact) mass is 795 g/mol. The predicted octanol–water partition coefficient (Wildman–Crippen LogP) is 12.9. The molecule has 0 fully saturated rings. The summed E-state index contributed by atoms with van der Waals surface area (Å²) in [4.78, 5) is 22.8. The highest BCUT2D eigenvalue weighted by Gasteiger charge is 2.26. The molecule has 55 heavy (non-hydrogen) atoms. The standard InChI is InChI=1S/C46H84NO7P/c1-6-8-10-12-14-16-18-19-20-21-22-23-24-25-26-27-28-30-32-34-36-38-41-51-43-45(44-53-55(49,50)52-42-40-47(3,4)5)54-46(48)39-37-35-33-31-29-17-15-13-11-9-7-2/h8,10,14,16,19-20,22-23,25-26,45H,6-7,9,11-13,15,17-18,21,24,27-44H2,1-5H3/p+1/b10-8-,16-14-,20-19-,23-22-,26-25-. The first-order valence-corrected chi connectivity index (χ1v) is 23.5. The third-order valence-corrected chi connectivity index (χ3v) is 10.1. The Kier molecular flexibility index (Phi) is 37.8. The number of phosphoric acid groups is 1. The predicted molar refractivity (Wildman–Crippen MR) is 233 cm³/mol. The Labute approximate surface area is 339 Å². The number of likely N-dealkylation sites (N-methyl/N-ethyl adjacent to an activating group) is 1. The number of hydrogen-bond acceptors (Lipinski definition) is 6. The molecule has 320 valence electrons. The van der Waals surface area contributed by atoms with Crippen LogP contribution in [0.15, 0.2) is 60.8 Å². The van der Waals surface area contributed by atoms with Crippen molar-refractivity contribution in [3.05, 3.63) is 60.8 Å². The van der Waals surface area contributed by atoms with E-state index >= 15 is 0 Å². The Balaban J connectivity index is 4.21. The number of quaternary nitrogens is 1. The summed E-state index contributed by atoms with van der Waals surface area (Å²) in [5.41, 5.74) is 0. The molecule has 0 bridgehead atoms. The first-order chi connectivity index (χ1) is 26.6. The molecule has 2 atom stereocenters. The maximum Gasteiger partial charge on any atom is 0.472 e. The molecule has 0 aliphatic heterocycles. The largest absolute Gasteiger partial charge is 0.472 e. The molecule has 0 heterocycles. The lowest BCUT2D eigenvalue weighted by Crippen LogP contribution is -2.37. The lowest BCUT2D eigenvalue weighted by atomic mass is 10.1. The van der Waals surface area contributed by atoms with Gasteiger partial charge in [-0.1, -0.05) is 164 Å². The van der Waals surface area contributed by atoms with Crippen molar-refractivity contribution in [3.63, 3.8) is 0 Å². The van der Waals surface area contributed by atoms with Crippen molar-refractivity contribution < 1.29 is 37.3 Å². The van der Waals surface area contributed by atoms with Crippen molar-refractivity contribution in [2.45, 2.75) is 174 Å². The minimum atomic E-state index is -4.28. The molecule has 0 aliphatic rings. The number of ether oxygens (including phenoxy) is 2. The molecule has 8 nitrogen and oxygen atoms in total. The van der Waals surface area contributed by atoms with Gasteiger partial charge in [0.1, 0.15) is 19.3 Å². The maximum atomic E-state index is 12.6. The zero-order chi connectivity index (χ0) is 40.6. The fraction of sp³-hybridized carbons (Fsp3) is 0.761. The van der Waals surface area contributed by atoms with E-state index in [1.54, 1.807) is 0 Å². The number of nitrogens with zero attached hydrogens (tertiary/aromatic N) is 1. The Morgan fingerprint density at radius 1 is 0.582 bits per heavy atom. The summed E-state index contributed by atoms with van der Waals surface area (Å²) in [6.45, 7) is 5.46. The van der Waals surface area contributed by atoms with Gasteiger partial charge in [-0.3, -0.25) is 13.8 Å². The molecular formula is C46H85NO7P+. The Hall–Kier alpha value is -1.80. The van der Waals surface area contributed by atoms with Gasteiger partial charge in [-0.05, 0) is 57.8 Å². The topological polar surface area (TPSA) is 91.3 Å². The summed E-state index contributed by atoms with van der Waals surface area (Å²) in [5.74, 6) is -0.323. The summed E-state index contributed by atoms with van der Waals surface area (Å²) < 4.78 is 34.9. The van der Waals surface area contributed by atoms with E-state index in [9.17, 15) is 14.3 Å². The van der Waals surface area contributed by atoms with Crippen molar-refractivity contribution >= 4 is 13.8 Å². The van der Waals surface area contributed by atoms with Gasteiger partial charge in [0.25, 0.3) is 0 Å². The van der Waals surface area contributed by atoms with E-state index in [1.165, 1.54) is 70.6 Å².